The summed E-state index contributed by atoms with van der Waals surface area (Å²) in [6.45, 7) is 1.17. The van der Waals surface area contributed by atoms with Crippen LogP contribution in [0.5, 0.6) is 11.5 Å². The molecule has 1 atom stereocenters. The molecule has 3 aromatic rings. The number of carbonyl (C=O) groups excluding carboxylic acids is 2. The van der Waals surface area contributed by atoms with Gasteiger partial charge in [-0.2, -0.15) is 0 Å². The number of hydrogen-bond donors (Lipinski definition) is 2. The van der Waals surface area contributed by atoms with Crippen LogP contribution in [0.2, 0.25) is 0 Å². The van der Waals surface area contributed by atoms with Gasteiger partial charge in [-0.05, 0) is 42.0 Å². The minimum atomic E-state index is -0.623. The summed E-state index contributed by atoms with van der Waals surface area (Å²) in [7, 11) is 0. The standard InChI is InChI=1S/C24H26N4O7S/c29-20(25-11-15-3-4-18-19(10-15)35-14-34-18)5-7-27-23(31)22-17(6-9-36-22)28(24(27)32)13-21(30)26-12-16-2-1-8-33-16/h3-4,6,9-10,16H,1-2,5,7-8,11-14H2,(H,25,29)(H,26,30)/t16-/m1/s1. The number of aromatic nitrogens is 2. The van der Waals surface area contributed by atoms with Crippen LogP contribution in [0.3, 0.4) is 0 Å². The van der Waals surface area contributed by atoms with E-state index in [2.05, 4.69) is 10.6 Å². The van der Waals surface area contributed by atoms with Gasteiger partial charge in [0.2, 0.25) is 18.6 Å². The molecule has 0 spiro atoms. The number of carbonyl (C=O) groups is 2. The summed E-state index contributed by atoms with van der Waals surface area (Å²) >= 11 is 1.20. The maximum absolute atomic E-state index is 13.2. The number of rotatable bonds is 9. The van der Waals surface area contributed by atoms with Gasteiger partial charge in [0, 0.05) is 32.7 Å². The number of benzene rings is 1. The van der Waals surface area contributed by atoms with E-state index in [1.165, 1.54) is 15.9 Å². The number of ether oxygens (including phenoxy) is 3. The van der Waals surface area contributed by atoms with E-state index < -0.39 is 11.2 Å². The van der Waals surface area contributed by atoms with Crippen molar-refractivity contribution >= 4 is 33.4 Å². The lowest BCUT2D eigenvalue weighted by Gasteiger charge is -2.14. The first-order chi connectivity index (χ1) is 17.5. The van der Waals surface area contributed by atoms with Crippen LogP contribution < -0.4 is 31.4 Å². The van der Waals surface area contributed by atoms with Gasteiger partial charge in [-0.15, -0.1) is 11.3 Å². The SMILES string of the molecule is O=C(CCn1c(=O)c2sccc2n(CC(=O)NC[C@H]2CCCO2)c1=O)NCc1ccc2c(c1)OCO2. The predicted molar refractivity (Wildman–Crippen MR) is 131 cm³/mol. The third kappa shape index (κ3) is 5.14. The molecule has 2 aliphatic heterocycles. The smallest absolute Gasteiger partial charge is 0.332 e. The van der Waals surface area contributed by atoms with Gasteiger partial charge in [0.05, 0.1) is 11.6 Å². The van der Waals surface area contributed by atoms with Crippen molar-refractivity contribution in [2.75, 3.05) is 19.9 Å². The lowest BCUT2D eigenvalue weighted by molar-refractivity contribution is -0.122. The molecule has 0 bridgehead atoms. The fourth-order valence-electron chi connectivity index (χ4n) is 4.27. The molecule has 0 unspecified atom stereocenters. The third-order valence-electron chi connectivity index (χ3n) is 6.18. The monoisotopic (exact) mass is 514 g/mol. The van der Waals surface area contributed by atoms with E-state index in [-0.39, 0.29) is 50.8 Å². The second-order valence-electron chi connectivity index (χ2n) is 8.61. The van der Waals surface area contributed by atoms with Crippen molar-refractivity contribution in [3.8, 4) is 11.5 Å². The van der Waals surface area contributed by atoms with Gasteiger partial charge in [-0.3, -0.25) is 23.5 Å². The molecule has 4 heterocycles. The molecule has 2 aromatic heterocycles. The molecule has 0 saturated carbocycles. The molecule has 5 rings (SSSR count). The van der Waals surface area contributed by atoms with Gasteiger partial charge in [-0.25, -0.2) is 4.79 Å². The summed E-state index contributed by atoms with van der Waals surface area (Å²) < 4.78 is 18.8. The van der Waals surface area contributed by atoms with E-state index in [1.807, 2.05) is 6.07 Å². The first-order valence-corrected chi connectivity index (χ1v) is 12.6. The van der Waals surface area contributed by atoms with E-state index >= 15 is 0 Å². The molecule has 2 N–H and O–H groups in total. The summed E-state index contributed by atoms with van der Waals surface area (Å²) in [5.74, 6) is 0.626. The van der Waals surface area contributed by atoms with Gasteiger partial charge in [0.15, 0.2) is 11.5 Å². The summed E-state index contributed by atoms with van der Waals surface area (Å²) in [4.78, 5) is 51.1. The van der Waals surface area contributed by atoms with Gasteiger partial charge in [-0.1, -0.05) is 6.07 Å². The van der Waals surface area contributed by atoms with Crippen molar-refractivity contribution in [3.05, 3.63) is 56.0 Å². The molecule has 1 saturated heterocycles. The van der Waals surface area contributed by atoms with Crippen LogP contribution in [0.15, 0.2) is 39.2 Å². The van der Waals surface area contributed by atoms with Crippen LogP contribution in [0, 0.1) is 0 Å². The highest BCUT2D eigenvalue weighted by atomic mass is 32.1. The molecule has 1 aromatic carbocycles. The van der Waals surface area contributed by atoms with Crippen molar-refractivity contribution in [1.82, 2.24) is 19.8 Å². The largest absolute Gasteiger partial charge is 0.454 e. The number of amides is 2. The molecule has 0 aliphatic carbocycles. The Balaban J connectivity index is 1.24. The zero-order chi connectivity index (χ0) is 25.1. The molecule has 11 nitrogen and oxygen atoms in total. The summed E-state index contributed by atoms with van der Waals surface area (Å²) in [5.41, 5.74) is 0.151. The number of fused-ring (bicyclic) bond motifs is 2. The van der Waals surface area contributed by atoms with Crippen LogP contribution in [0.25, 0.3) is 10.2 Å². The highest BCUT2D eigenvalue weighted by Gasteiger charge is 2.20. The Kier molecular flexibility index (Phi) is 7.05. The zero-order valence-electron chi connectivity index (χ0n) is 19.5. The van der Waals surface area contributed by atoms with Gasteiger partial charge in [0.1, 0.15) is 11.2 Å². The highest BCUT2D eigenvalue weighted by Crippen LogP contribution is 2.32. The lowest BCUT2D eigenvalue weighted by Crippen LogP contribution is -2.43. The fourth-order valence-corrected chi connectivity index (χ4v) is 5.11. The number of nitrogens with one attached hydrogen (secondary N) is 2. The van der Waals surface area contributed by atoms with Crippen LogP contribution in [-0.4, -0.2) is 47.0 Å². The van der Waals surface area contributed by atoms with Crippen LogP contribution in [-0.2, 0) is 34.0 Å². The Bertz CT molecular complexity index is 1400. The van der Waals surface area contributed by atoms with Crippen LogP contribution >= 0.6 is 11.3 Å². The normalized spacial score (nSPS) is 16.4. The Morgan fingerprint density at radius 1 is 1.06 bits per heavy atom. The summed E-state index contributed by atoms with van der Waals surface area (Å²) in [5, 5.41) is 7.29. The predicted octanol–water partition coefficient (Wildman–Crippen LogP) is 0.955. The number of nitrogens with zero attached hydrogens (tertiary/aromatic N) is 2. The number of hydrogen-bond acceptors (Lipinski definition) is 8. The molecular formula is C24H26N4O7S. The Morgan fingerprint density at radius 2 is 1.92 bits per heavy atom. The van der Waals surface area contributed by atoms with E-state index in [9.17, 15) is 19.2 Å². The average molecular weight is 515 g/mol. The topological polar surface area (TPSA) is 130 Å². The number of thiophene rings is 1. The quantitative estimate of drug-likeness (QED) is 0.435. The minimum Gasteiger partial charge on any atom is -0.454 e. The van der Waals surface area contributed by atoms with E-state index in [4.69, 9.17) is 14.2 Å². The molecule has 2 amide bonds. The molecule has 2 aliphatic rings. The zero-order valence-corrected chi connectivity index (χ0v) is 20.3. The van der Waals surface area contributed by atoms with Gasteiger partial charge < -0.3 is 24.8 Å². The van der Waals surface area contributed by atoms with Crippen molar-refractivity contribution in [2.24, 2.45) is 0 Å². The Labute approximate surface area is 209 Å². The first kappa shape index (κ1) is 24.1. The first-order valence-electron chi connectivity index (χ1n) is 11.7. The third-order valence-corrected chi connectivity index (χ3v) is 7.07. The molecule has 1 fully saturated rings. The molecular weight excluding hydrogens is 488 g/mol. The second-order valence-corrected chi connectivity index (χ2v) is 9.53. The van der Waals surface area contributed by atoms with Crippen LogP contribution in [0.4, 0.5) is 0 Å². The average Bonchev–Trinajstić information content (AvgIpc) is 3.65. The molecule has 0 radical (unpaired) electrons. The summed E-state index contributed by atoms with van der Waals surface area (Å²) in [6, 6.07) is 7.05. The molecule has 190 valence electrons. The van der Waals surface area contributed by atoms with Crippen molar-refractivity contribution in [2.45, 2.75) is 45.0 Å². The second kappa shape index (κ2) is 10.5. The molecule has 12 heteroatoms. The maximum atomic E-state index is 13.2. The van der Waals surface area contributed by atoms with Gasteiger partial charge >= 0.3 is 5.69 Å². The lowest BCUT2D eigenvalue weighted by atomic mass is 10.2. The van der Waals surface area contributed by atoms with E-state index in [0.717, 1.165) is 23.0 Å². The van der Waals surface area contributed by atoms with E-state index in [0.29, 0.717) is 34.9 Å². The minimum absolute atomic E-state index is 0.0167. The highest BCUT2D eigenvalue weighted by molar-refractivity contribution is 7.17. The molecule has 36 heavy (non-hydrogen) atoms. The fraction of sp³-hybridized carbons (Fsp3) is 0.417. The van der Waals surface area contributed by atoms with Crippen molar-refractivity contribution in [1.29, 1.82) is 0 Å². The van der Waals surface area contributed by atoms with Crippen LogP contribution in [0.1, 0.15) is 24.8 Å². The maximum Gasteiger partial charge on any atom is 0.332 e. The Morgan fingerprint density at radius 3 is 2.75 bits per heavy atom. The van der Waals surface area contributed by atoms with Gasteiger partial charge in [0.25, 0.3) is 5.56 Å². The van der Waals surface area contributed by atoms with Crippen molar-refractivity contribution < 1.29 is 23.8 Å². The van der Waals surface area contributed by atoms with E-state index in [1.54, 1.807) is 23.6 Å². The Hall–Kier alpha value is -3.64. The summed E-state index contributed by atoms with van der Waals surface area (Å²) in [6.07, 6.45) is 1.76. The van der Waals surface area contributed by atoms with Crippen molar-refractivity contribution in [3.63, 3.8) is 0 Å².